The van der Waals surface area contributed by atoms with Crippen molar-refractivity contribution >= 4 is 26.3 Å². The van der Waals surface area contributed by atoms with Crippen LogP contribution in [0.15, 0.2) is 0 Å². The Morgan fingerprint density at radius 3 is 1.25 bits per heavy atom. The van der Waals surface area contributed by atoms with Gasteiger partial charge in [0, 0.05) is 0 Å². The zero-order valence-corrected chi connectivity index (χ0v) is 5.66. The number of hydrogen-bond donors (Lipinski definition) is 0. The second-order valence-electron chi connectivity index (χ2n) is 0.644. The summed E-state index contributed by atoms with van der Waals surface area (Å²) in [7, 11) is 0. The average Bonchev–Trinajstić information content (AvgIpc) is 0.722. The van der Waals surface area contributed by atoms with Gasteiger partial charge in [-0.1, -0.05) is 0 Å². The van der Waals surface area contributed by atoms with Crippen LogP contribution in [-0.2, 0) is 0 Å². The van der Waals surface area contributed by atoms with Crippen molar-refractivity contribution in [1.29, 1.82) is 0 Å². The summed E-state index contributed by atoms with van der Waals surface area (Å²) in [6.07, 6.45) is 0. The molecule has 0 amide bonds. The SMILES string of the molecule is C1C[Se][Se]1. The van der Waals surface area contributed by atoms with Crippen molar-refractivity contribution < 1.29 is 0 Å². The van der Waals surface area contributed by atoms with Crippen LogP contribution in [0.25, 0.3) is 0 Å². The van der Waals surface area contributed by atoms with Crippen molar-refractivity contribution in [1.82, 2.24) is 0 Å². The Morgan fingerprint density at radius 1 is 1.00 bits per heavy atom. The van der Waals surface area contributed by atoms with E-state index in [9.17, 15) is 0 Å². The van der Waals surface area contributed by atoms with Crippen molar-refractivity contribution in [3.05, 3.63) is 0 Å². The molecule has 0 N–H and O–H groups in total. The Morgan fingerprint density at radius 2 is 1.25 bits per heavy atom. The molecule has 0 aromatic heterocycles. The molecule has 0 saturated carbocycles. The van der Waals surface area contributed by atoms with Crippen LogP contribution in [0.3, 0.4) is 0 Å². The Labute approximate surface area is 37.2 Å². The van der Waals surface area contributed by atoms with E-state index in [1.54, 1.807) is 10.6 Å². The van der Waals surface area contributed by atoms with Gasteiger partial charge in [0.05, 0.1) is 0 Å². The summed E-state index contributed by atoms with van der Waals surface area (Å²) < 4.78 is 0. The molecule has 1 aliphatic rings. The third kappa shape index (κ3) is 0.498. The van der Waals surface area contributed by atoms with Gasteiger partial charge >= 0.3 is 36.9 Å². The van der Waals surface area contributed by atoms with Crippen LogP contribution >= 0.6 is 0 Å². The number of rotatable bonds is 0. The molecule has 0 aliphatic carbocycles. The minimum atomic E-state index is 1.16. The molecule has 1 saturated heterocycles. The fraction of sp³-hybridized carbons (Fsp3) is 1.00. The van der Waals surface area contributed by atoms with E-state index in [0.29, 0.717) is 0 Å². The zero-order chi connectivity index (χ0) is 2.83. The van der Waals surface area contributed by atoms with Gasteiger partial charge in [-0.3, -0.25) is 0 Å². The standard InChI is InChI=1S/C2H4Se2/c1-2-4-3-1/h1-2H2. The fourth-order valence-corrected chi connectivity index (χ4v) is 2.25. The van der Waals surface area contributed by atoms with Crippen LogP contribution in [0.5, 0.6) is 0 Å². The van der Waals surface area contributed by atoms with Gasteiger partial charge in [0.2, 0.25) is 0 Å². The van der Waals surface area contributed by atoms with Gasteiger partial charge in [-0.25, -0.2) is 0 Å². The Balaban J connectivity index is 2.00. The van der Waals surface area contributed by atoms with Gasteiger partial charge in [-0.05, 0) is 0 Å². The van der Waals surface area contributed by atoms with E-state index in [-0.39, 0.29) is 0 Å². The molecule has 1 aliphatic heterocycles. The molecule has 0 bridgehead atoms. The van der Waals surface area contributed by atoms with Crippen molar-refractivity contribution in [2.75, 3.05) is 0 Å². The van der Waals surface area contributed by atoms with Crippen LogP contribution in [0, 0.1) is 0 Å². The topological polar surface area (TPSA) is 0 Å². The molecule has 0 nitrogen and oxygen atoms in total. The van der Waals surface area contributed by atoms with E-state index in [1.807, 2.05) is 0 Å². The fourth-order valence-electron chi connectivity index (χ4n) is 0.0833. The molecule has 1 fully saturated rings. The Hall–Kier alpha value is 1.04. The molecule has 2 heteroatoms. The summed E-state index contributed by atoms with van der Waals surface area (Å²) in [4.78, 5) is 0. The quantitative estimate of drug-likeness (QED) is 0.472. The maximum absolute atomic E-state index is 1.59. The number of hydrogen-bond acceptors (Lipinski definition) is 0. The summed E-state index contributed by atoms with van der Waals surface area (Å²) in [5, 5.41) is 3.18. The molecule has 0 spiro atoms. The minimum absolute atomic E-state index is 1.16. The van der Waals surface area contributed by atoms with Crippen LogP contribution < -0.4 is 0 Å². The molecule has 1 rings (SSSR count). The van der Waals surface area contributed by atoms with Crippen molar-refractivity contribution in [3.63, 3.8) is 0 Å². The van der Waals surface area contributed by atoms with Gasteiger partial charge in [0.15, 0.2) is 0 Å². The molecule has 0 unspecified atom stereocenters. The average molecular weight is 186 g/mol. The molecule has 4 heavy (non-hydrogen) atoms. The van der Waals surface area contributed by atoms with Crippen molar-refractivity contribution in [3.8, 4) is 0 Å². The second-order valence-corrected chi connectivity index (χ2v) is 8.49. The van der Waals surface area contributed by atoms with Crippen LogP contribution in [0.2, 0.25) is 10.6 Å². The van der Waals surface area contributed by atoms with Gasteiger partial charge in [-0.15, -0.1) is 0 Å². The first-order chi connectivity index (χ1) is 2.00. The molecule has 24 valence electrons. The Bertz CT molecular complexity index is 12.0. The first-order valence-electron chi connectivity index (χ1n) is 1.24. The predicted octanol–water partition coefficient (Wildman–Crippen LogP) is 0.160. The summed E-state index contributed by atoms with van der Waals surface area (Å²) >= 11 is 2.32. The summed E-state index contributed by atoms with van der Waals surface area (Å²) in [6.45, 7) is 0. The van der Waals surface area contributed by atoms with Crippen LogP contribution in [-0.4, -0.2) is 26.3 Å². The van der Waals surface area contributed by atoms with E-state index in [4.69, 9.17) is 0 Å². The van der Waals surface area contributed by atoms with E-state index < -0.39 is 0 Å². The predicted molar refractivity (Wildman–Crippen MR) is 21.1 cm³/mol. The monoisotopic (exact) mass is 188 g/mol. The molecule has 0 atom stereocenters. The Kier molecular flexibility index (Phi) is 1.19. The second kappa shape index (κ2) is 1.47. The third-order valence-electron chi connectivity index (χ3n) is 0.333. The summed E-state index contributed by atoms with van der Waals surface area (Å²) in [5.74, 6) is 0. The van der Waals surface area contributed by atoms with Crippen molar-refractivity contribution in [2.45, 2.75) is 10.6 Å². The summed E-state index contributed by atoms with van der Waals surface area (Å²) in [5.41, 5.74) is 0. The van der Waals surface area contributed by atoms with E-state index in [1.165, 1.54) is 0 Å². The molecule has 0 radical (unpaired) electrons. The third-order valence-corrected chi connectivity index (χ3v) is 9.00. The van der Waals surface area contributed by atoms with Gasteiger partial charge in [0.1, 0.15) is 0 Å². The van der Waals surface area contributed by atoms with Gasteiger partial charge in [0.25, 0.3) is 0 Å². The van der Waals surface area contributed by atoms with Gasteiger partial charge in [-0.2, -0.15) is 0 Å². The zero-order valence-electron chi connectivity index (χ0n) is 2.23. The maximum atomic E-state index is 1.59. The van der Waals surface area contributed by atoms with Crippen LogP contribution in [0.1, 0.15) is 0 Å². The van der Waals surface area contributed by atoms with E-state index >= 15 is 0 Å². The molecule has 0 aromatic carbocycles. The molecule has 0 aromatic rings. The van der Waals surface area contributed by atoms with Crippen LogP contribution in [0.4, 0.5) is 0 Å². The molecular weight excluding hydrogens is 182 g/mol. The molecular formula is C2H4Se2. The van der Waals surface area contributed by atoms with E-state index in [2.05, 4.69) is 0 Å². The first kappa shape index (κ1) is 3.24. The van der Waals surface area contributed by atoms with E-state index in [0.717, 1.165) is 26.3 Å². The summed E-state index contributed by atoms with van der Waals surface area (Å²) in [6, 6.07) is 0. The first-order valence-corrected chi connectivity index (χ1v) is 8.00. The van der Waals surface area contributed by atoms with Gasteiger partial charge < -0.3 is 0 Å². The van der Waals surface area contributed by atoms with Crippen molar-refractivity contribution in [2.24, 2.45) is 0 Å². The molecule has 1 heterocycles. The normalized spacial score (nSPS) is 24.0.